The average Bonchev–Trinajstić information content (AvgIpc) is 2.82. The number of hydrogen-bond acceptors (Lipinski definition) is 3. The molecule has 0 atom stereocenters. The summed E-state index contributed by atoms with van der Waals surface area (Å²) in [5, 5.41) is 0. The van der Waals surface area contributed by atoms with Crippen LogP contribution in [0, 0.1) is 0 Å². The summed E-state index contributed by atoms with van der Waals surface area (Å²) in [4.78, 5) is 0. The van der Waals surface area contributed by atoms with Crippen molar-refractivity contribution in [3.8, 4) is 23.0 Å². The summed E-state index contributed by atoms with van der Waals surface area (Å²) in [7, 11) is 3.32. The van der Waals surface area contributed by atoms with E-state index >= 15 is 0 Å². The summed E-state index contributed by atoms with van der Waals surface area (Å²) in [5.41, 5.74) is 0. The maximum absolute atomic E-state index is 5.58. The van der Waals surface area contributed by atoms with E-state index in [1.54, 1.807) is 14.2 Å². The number of rotatable bonds is 4. The highest BCUT2D eigenvalue weighted by Crippen LogP contribution is 2.19. The molecule has 0 heterocycles. The van der Waals surface area contributed by atoms with Gasteiger partial charge in [-0.1, -0.05) is 80.2 Å². The number of ether oxygens (including phenoxy) is 3. The Morgan fingerprint density at radius 2 is 0.600 bits per heavy atom. The molecular weight excluding hydrogens is 372 g/mol. The third kappa shape index (κ3) is 10.00. The van der Waals surface area contributed by atoms with Crippen LogP contribution in [0.2, 0.25) is 0 Å². The van der Waals surface area contributed by atoms with Crippen molar-refractivity contribution in [3.05, 3.63) is 121 Å². The van der Waals surface area contributed by atoms with E-state index < -0.39 is 0 Å². The Hall–Kier alpha value is -3.72. The van der Waals surface area contributed by atoms with E-state index in [2.05, 4.69) is 0 Å². The Morgan fingerprint density at radius 1 is 0.367 bits per heavy atom. The van der Waals surface area contributed by atoms with E-state index in [0.29, 0.717) is 0 Å². The lowest BCUT2D eigenvalue weighted by Gasteiger charge is -2.03. The summed E-state index contributed by atoms with van der Waals surface area (Å²) < 4.78 is 15.4. The van der Waals surface area contributed by atoms with Gasteiger partial charge in [-0.3, -0.25) is 0 Å². The zero-order valence-electron chi connectivity index (χ0n) is 16.8. The van der Waals surface area contributed by atoms with Gasteiger partial charge in [-0.2, -0.15) is 0 Å². The van der Waals surface area contributed by atoms with Crippen LogP contribution in [0.3, 0.4) is 0 Å². The molecule has 0 aliphatic rings. The fourth-order valence-corrected chi connectivity index (χ4v) is 2.23. The molecule has 0 radical (unpaired) electrons. The number of methoxy groups -OCH3 is 2. The minimum absolute atomic E-state index is 0. The fourth-order valence-electron chi connectivity index (χ4n) is 2.23. The molecule has 3 nitrogen and oxygen atoms in total. The third-order valence-electron chi connectivity index (χ3n) is 3.68. The van der Waals surface area contributed by atoms with Crippen LogP contribution in [0.1, 0.15) is 7.43 Å². The summed E-state index contributed by atoms with van der Waals surface area (Å²) in [6, 6.07) is 38.9. The molecule has 0 N–H and O–H groups in total. The standard InChI is InChI=1S/C12H10O.2C7H8O.CH4/c1-3-7-11(8-4-1)13-12-9-5-2-6-10-12;2*1-8-7-5-3-2-4-6-7;/h1-10H;2*2-6H,1H3;1H4. The lowest BCUT2D eigenvalue weighted by molar-refractivity contribution is 0.414. The van der Waals surface area contributed by atoms with Gasteiger partial charge < -0.3 is 14.2 Å². The van der Waals surface area contributed by atoms with Crippen LogP contribution < -0.4 is 14.2 Å². The van der Waals surface area contributed by atoms with Gasteiger partial charge in [0.15, 0.2) is 0 Å². The van der Waals surface area contributed by atoms with Gasteiger partial charge in [-0.15, -0.1) is 0 Å². The van der Waals surface area contributed by atoms with Gasteiger partial charge in [0, 0.05) is 0 Å². The molecule has 0 aliphatic heterocycles. The van der Waals surface area contributed by atoms with Gasteiger partial charge in [0.25, 0.3) is 0 Å². The molecule has 0 saturated heterocycles. The molecule has 30 heavy (non-hydrogen) atoms. The first kappa shape index (κ1) is 24.3. The topological polar surface area (TPSA) is 27.7 Å². The molecule has 0 bridgehead atoms. The molecule has 0 amide bonds. The first-order chi connectivity index (χ1) is 14.3. The Balaban J connectivity index is 0.000000233. The van der Waals surface area contributed by atoms with Gasteiger partial charge in [0.1, 0.15) is 23.0 Å². The van der Waals surface area contributed by atoms with E-state index in [9.17, 15) is 0 Å². The highest BCUT2D eigenvalue weighted by molar-refractivity contribution is 5.30. The summed E-state index contributed by atoms with van der Waals surface area (Å²) in [6.45, 7) is 0. The lowest BCUT2D eigenvalue weighted by atomic mass is 10.3. The van der Waals surface area contributed by atoms with E-state index in [-0.39, 0.29) is 7.43 Å². The van der Waals surface area contributed by atoms with Crippen LogP contribution in [0.15, 0.2) is 121 Å². The quantitative estimate of drug-likeness (QED) is 0.353. The van der Waals surface area contributed by atoms with Gasteiger partial charge in [-0.25, -0.2) is 0 Å². The van der Waals surface area contributed by atoms with Crippen LogP contribution >= 0.6 is 0 Å². The van der Waals surface area contributed by atoms with Crippen molar-refractivity contribution in [3.63, 3.8) is 0 Å². The predicted molar refractivity (Wildman–Crippen MR) is 126 cm³/mol. The first-order valence-electron chi connectivity index (χ1n) is 9.28. The smallest absolute Gasteiger partial charge is 0.127 e. The fraction of sp³-hybridized carbons (Fsp3) is 0.111. The van der Waals surface area contributed by atoms with E-state index in [1.807, 2.05) is 121 Å². The molecule has 0 aromatic heterocycles. The van der Waals surface area contributed by atoms with Crippen LogP contribution in [0.25, 0.3) is 0 Å². The largest absolute Gasteiger partial charge is 0.497 e. The minimum Gasteiger partial charge on any atom is -0.497 e. The van der Waals surface area contributed by atoms with Crippen molar-refractivity contribution in [2.75, 3.05) is 14.2 Å². The Labute approximate surface area is 180 Å². The Kier molecular flexibility index (Phi) is 12.3. The monoisotopic (exact) mass is 402 g/mol. The minimum atomic E-state index is 0. The highest BCUT2D eigenvalue weighted by atomic mass is 16.5. The third-order valence-corrected chi connectivity index (χ3v) is 3.68. The zero-order chi connectivity index (χ0) is 20.6. The number of para-hydroxylation sites is 4. The second-order valence-electron chi connectivity index (χ2n) is 5.76. The molecule has 156 valence electrons. The van der Waals surface area contributed by atoms with Crippen molar-refractivity contribution in [1.29, 1.82) is 0 Å². The van der Waals surface area contributed by atoms with Crippen LogP contribution in [-0.2, 0) is 0 Å². The molecule has 0 saturated carbocycles. The van der Waals surface area contributed by atoms with Crippen molar-refractivity contribution in [2.45, 2.75) is 7.43 Å². The Morgan fingerprint density at radius 3 is 0.800 bits per heavy atom. The van der Waals surface area contributed by atoms with Crippen LogP contribution in [-0.4, -0.2) is 14.2 Å². The summed E-state index contributed by atoms with van der Waals surface area (Å²) >= 11 is 0. The maximum Gasteiger partial charge on any atom is 0.127 e. The van der Waals surface area contributed by atoms with Gasteiger partial charge >= 0.3 is 0 Å². The van der Waals surface area contributed by atoms with Crippen molar-refractivity contribution < 1.29 is 14.2 Å². The normalized spacial score (nSPS) is 8.73. The van der Waals surface area contributed by atoms with E-state index in [4.69, 9.17) is 14.2 Å². The van der Waals surface area contributed by atoms with Gasteiger partial charge in [0.2, 0.25) is 0 Å². The summed E-state index contributed by atoms with van der Waals surface area (Å²) in [5.74, 6) is 3.56. The molecule has 3 heteroatoms. The average molecular weight is 403 g/mol. The van der Waals surface area contributed by atoms with Gasteiger partial charge in [0.05, 0.1) is 14.2 Å². The van der Waals surface area contributed by atoms with E-state index in [1.165, 1.54) is 0 Å². The molecule has 4 aromatic rings. The molecule has 0 unspecified atom stereocenters. The predicted octanol–water partition coefficient (Wildman–Crippen LogP) is 7.51. The second-order valence-corrected chi connectivity index (χ2v) is 5.76. The van der Waals surface area contributed by atoms with Gasteiger partial charge in [-0.05, 0) is 48.5 Å². The molecule has 0 aliphatic carbocycles. The molecular formula is C27H30O3. The molecule has 4 rings (SSSR count). The second kappa shape index (κ2) is 15.2. The van der Waals surface area contributed by atoms with Crippen LogP contribution in [0.4, 0.5) is 0 Å². The molecule has 0 fully saturated rings. The first-order valence-corrected chi connectivity index (χ1v) is 9.28. The van der Waals surface area contributed by atoms with Crippen molar-refractivity contribution >= 4 is 0 Å². The summed E-state index contributed by atoms with van der Waals surface area (Å²) in [6.07, 6.45) is 0. The van der Waals surface area contributed by atoms with Crippen LogP contribution in [0.5, 0.6) is 23.0 Å². The molecule has 4 aromatic carbocycles. The van der Waals surface area contributed by atoms with Crippen molar-refractivity contribution in [1.82, 2.24) is 0 Å². The SMILES string of the molecule is C.COc1ccccc1.COc1ccccc1.c1ccc(Oc2ccccc2)cc1. The number of benzene rings is 4. The highest BCUT2D eigenvalue weighted by Gasteiger charge is 1.92. The zero-order valence-corrected chi connectivity index (χ0v) is 16.8. The molecule has 0 spiro atoms. The maximum atomic E-state index is 5.58. The lowest BCUT2D eigenvalue weighted by Crippen LogP contribution is -1.81. The number of hydrogen-bond donors (Lipinski definition) is 0. The van der Waals surface area contributed by atoms with Crippen molar-refractivity contribution in [2.24, 2.45) is 0 Å². The van der Waals surface area contributed by atoms with E-state index in [0.717, 1.165) is 23.0 Å². The Bertz CT molecular complexity index is 803.